The first-order valence-electron chi connectivity index (χ1n) is 4.62. The van der Waals surface area contributed by atoms with Crippen molar-refractivity contribution in [2.75, 3.05) is 5.88 Å². The lowest BCUT2D eigenvalue weighted by Gasteiger charge is -2.10. The molecule has 0 amide bonds. The molecule has 0 fully saturated rings. The molecule has 0 saturated carbocycles. The lowest BCUT2D eigenvalue weighted by atomic mass is 10.1. The SMILES string of the molecule is CCc1cc(C)c(SCN)c(C)c1. The zero-order valence-electron chi connectivity index (χ0n) is 8.55. The lowest BCUT2D eigenvalue weighted by molar-refractivity contribution is 1.09. The van der Waals surface area contributed by atoms with Crippen LogP contribution < -0.4 is 5.73 Å². The Balaban J connectivity index is 3.07. The van der Waals surface area contributed by atoms with Crippen molar-refractivity contribution < 1.29 is 0 Å². The molecule has 0 aliphatic heterocycles. The van der Waals surface area contributed by atoms with Gasteiger partial charge in [-0.05, 0) is 37.0 Å². The van der Waals surface area contributed by atoms with Crippen LogP contribution in [-0.4, -0.2) is 5.88 Å². The van der Waals surface area contributed by atoms with Crippen LogP contribution in [0.2, 0.25) is 0 Å². The van der Waals surface area contributed by atoms with Gasteiger partial charge in [0.1, 0.15) is 0 Å². The van der Waals surface area contributed by atoms with Gasteiger partial charge in [-0.2, -0.15) is 0 Å². The van der Waals surface area contributed by atoms with Crippen molar-refractivity contribution in [1.82, 2.24) is 0 Å². The van der Waals surface area contributed by atoms with Gasteiger partial charge < -0.3 is 5.73 Å². The third kappa shape index (κ3) is 2.48. The summed E-state index contributed by atoms with van der Waals surface area (Å²) >= 11 is 1.73. The van der Waals surface area contributed by atoms with Crippen LogP contribution in [0.1, 0.15) is 23.6 Å². The van der Waals surface area contributed by atoms with Crippen LogP contribution in [0.25, 0.3) is 0 Å². The van der Waals surface area contributed by atoms with E-state index in [2.05, 4.69) is 32.9 Å². The van der Waals surface area contributed by atoms with Gasteiger partial charge in [-0.1, -0.05) is 19.1 Å². The molecule has 0 bridgehead atoms. The lowest BCUT2D eigenvalue weighted by Crippen LogP contribution is -1.96. The summed E-state index contributed by atoms with van der Waals surface area (Å²) in [5.74, 6) is 0.660. The second-order valence-electron chi connectivity index (χ2n) is 3.22. The molecule has 0 atom stereocenters. The molecule has 1 nitrogen and oxygen atoms in total. The Bertz CT molecular complexity index is 271. The molecule has 0 heterocycles. The van der Waals surface area contributed by atoms with Crippen molar-refractivity contribution in [1.29, 1.82) is 0 Å². The topological polar surface area (TPSA) is 26.0 Å². The summed E-state index contributed by atoms with van der Waals surface area (Å²) in [7, 11) is 0. The number of thioether (sulfide) groups is 1. The van der Waals surface area contributed by atoms with Gasteiger partial charge in [-0.25, -0.2) is 0 Å². The van der Waals surface area contributed by atoms with Crippen LogP contribution in [0.5, 0.6) is 0 Å². The van der Waals surface area contributed by atoms with Crippen molar-refractivity contribution in [3.05, 3.63) is 28.8 Å². The summed E-state index contributed by atoms with van der Waals surface area (Å²) in [6.07, 6.45) is 1.11. The largest absolute Gasteiger partial charge is 0.322 e. The van der Waals surface area contributed by atoms with Crippen LogP contribution in [0.3, 0.4) is 0 Å². The molecule has 0 aliphatic rings. The van der Waals surface area contributed by atoms with Crippen molar-refractivity contribution in [2.24, 2.45) is 5.73 Å². The van der Waals surface area contributed by atoms with Gasteiger partial charge >= 0.3 is 0 Å². The van der Waals surface area contributed by atoms with Gasteiger partial charge in [0.05, 0.1) is 0 Å². The molecular formula is C11H17NS. The third-order valence-corrected chi connectivity index (χ3v) is 3.26. The molecule has 0 aromatic heterocycles. The van der Waals surface area contributed by atoms with E-state index in [4.69, 9.17) is 5.73 Å². The molecule has 72 valence electrons. The average molecular weight is 195 g/mol. The highest BCUT2D eigenvalue weighted by atomic mass is 32.2. The first kappa shape index (κ1) is 10.6. The van der Waals surface area contributed by atoms with Gasteiger partial charge in [0.2, 0.25) is 0 Å². The fourth-order valence-electron chi connectivity index (χ4n) is 1.56. The fraction of sp³-hybridized carbons (Fsp3) is 0.455. The Morgan fingerprint density at radius 1 is 1.23 bits per heavy atom. The zero-order chi connectivity index (χ0) is 9.84. The second-order valence-corrected chi connectivity index (χ2v) is 4.25. The minimum Gasteiger partial charge on any atom is -0.322 e. The smallest absolute Gasteiger partial charge is 0.0440 e. The molecule has 0 spiro atoms. The summed E-state index contributed by atoms with van der Waals surface area (Å²) in [6.45, 7) is 6.50. The molecule has 1 aromatic carbocycles. The summed E-state index contributed by atoms with van der Waals surface area (Å²) in [4.78, 5) is 1.35. The van der Waals surface area contributed by atoms with E-state index in [-0.39, 0.29) is 0 Å². The minimum atomic E-state index is 0.660. The van der Waals surface area contributed by atoms with E-state index in [0.29, 0.717) is 5.88 Å². The molecule has 2 heteroatoms. The molecule has 0 saturated heterocycles. The molecule has 1 rings (SSSR count). The highest BCUT2D eigenvalue weighted by Crippen LogP contribution is 2.26. The molecule has 0 aliphatic carbocycles. The Labute approximate surface area is 84.7 Å². The van der Waals surface area contributed by atoms with Crippen molar-refractivity contribution >= 4 is 11.8 Å². The standard InChI is InChI=1S/C11H17NS/c1-4-10-5-8(2)11(13-7-12)9(3)6-10/h5-6H,4,7,12H2,1-3H3. The molecule has 1 aromatic rings. The van der Waals surface area contributed by atoms with E-state index in [1.807, 2.05) is 0 Å². The van der Waals surface area contributed by atoms with Crippen LogP contribution >= 0.6 is 11.8 Å². The number of rotatable bonds is 3. The predicted octanol–water partition coefficient (Wildman–Crippen LogP) is 2.87. The predicted molar refractivity (Wildman–Crippen MR) is 60.2 cm³/mol. The van der Waals surface area contributed by atoms with E-state index in [1.54, 1.807) is 11.8 Å². The molecule has 2 N–H and O–H groups in total. The maximum Gasteiger partial charge on any atom is 0.0440 e. The Morgan fingerprint density at radius 2 is 1.77 bits per heavy atom. The van der Waals surface area contributed by atoms with Gasteiger partial charge in [-0.3, -0.25) is 0 Å². The molecular weight excluding hydrogens is 178 g/mol. The van der Waals surface area contributed by atoms with Crippen LogP contribution in [0.15, 0.2) is 17.0 Å². The monoisotopic (exact) mass is 195 g/mol. The van der Waals surface area contributed by atoms with E-state index in [9.17, 15) is 0 Å². The molecule has 13 heavy (non-hydrogen) atoms. The van der Waals surface area contributed by atoms with Crippen molar-refractivity contribution in [3.8, 4) is 0 Å². The second kappa shape index (κ2) is 4.68. The van der Waals surface area contributed by atoms with Crippen LogP contribution in [0, 0.1) is 13.8 Å². The number of hydrogen-bond donors (Lipinski definition) is 1. The van der Waals surface area contributed by atoms with Gasteiger partial charge in [-0.15, -0.1) is 11.8 Å². The van der Waals surface area contributed by atoms with Gasteiger partial charge in [0.15, 0.2) is 0 Å². The Morgan fingerprint density at radius 3 is 2.15 bits per heavy atom. The van der Waals surface area contributed by atoms with Gasteiger partial charge in [0, 0.05) is 10.8 Å². The van der Waals surface area contributed by atoms with E-state index in [1.165, 1.54) is 21.6 Å². The number of hydrogen-bond acceptors (Lipinski definition) is 2. The third-order valence-electron chi connectivity index (χ3n) is 2.16. The van der Waals surface area contributed by atoms with Crippen LogP contribution in [-0.2, 0) is 6.42 Å². The quantitative estimate of drug-likeness (QED) is 0.593. The summed E-state index contributed by atoms with van der Waals surface area (Å²) < 4.78 is 0. The number of nitrogens with two attached hydrogens (primary N) is 1. The first-order valence-corrected chi connectivity index (χ1v) is 5.60. The fourth-order valence-corrected chi connectivity index (χ4v) is 2.29. The zero-order valence-corrected chi connectivity index (χ0v) is 9.37. The minimum absolute atomic E-state index is 0.660. The highest BCUT2D eigenvalue weighted by molar-refractivity contribution is 7.99. The number of benzene rings is 1. The summed E-state index contributed by atoms with van der Waals surface area (Å²) in [6, 6.07) is 4.51. The van der Waals surface area contributed by atoms with Gasteiger partial charge in [0.25, 0.3) is 0 Å². The Hall–Kier alpha value is -0.470. The van der Waals surface area contributed by atoms with E-state index >= 15 is 0 Å². The van der Waals surface area contributed by atoms with E-state index < -0.39 is 0 Å². The average Bonchev–Trinajstić information content (AvgIpc) is 2.11. The number of aryl methyl sites for hydroxylation is 3. The summed E-state index contributed by atoms with van der Waals surface area (Å²) in [5.41, 5.74) is 9.65. The normalized spacial score (nSPS) is 10.5. The maximum absolute atomic E-state index is 5.53. The first-order chi connectivity index (χ1) is 6.19. The van der Waals surface area contributed by atoms with E-state index in [0.717, 1.165) is 6.42 Å². The van der Waals surface area contributed by atoms with Crippen molar-refractivity contribution in [3.63, 3.8) is 0 Å². The highest BCUT2D eigenvalue weighted by Gasteiger charge is 2.03. The van der Waals surface area contributed by atoms with Crippen LogP contribution in [0.4, 0.5) is 0 Å². The molecule has 0 radical (unpaired) electrons. The maximum atomic E-state index is 5.53. The summed E-state index contributed by atoms with van der Waals surface area (Å²) in [5, 5.41) is 0. The Kier molecular flexibility index (Phi) is 3.82. The molecule has 0 unspecified atom stereocenters. The van der Waals surface area contributed by atoms with Crippen molar-refractivity contribution in [2.45, 2.75) is 32.1 Å².